The van der Waals surface area contributed by atoms with Crippen molar-refractivity contribution in [3.05, 3.63) is 53.1 Å². The van der Waals surface area contributed by atoms with Gasteiger partial charge in [-0.2, -0.15) is 0 Å². The van der Waals surface area contributed by atoms with Crippen LogP contribution in [0.15, 0.2) is 41.3 Å². The number of rotatable bonds is 5. The molecule has 1 amide bonds. The lowest BCUT2D eigenvalue weighted by molar-refractivity contribution is -0.120. The Morgan fingerprint density at radius 1 is 1.07 bits per heavy atom. The molecule has 7 heteroatoms. The summed E-state index contributed by atoms with van der Waals surface area (Å²) in [5.41, 5.74) is 4.19. The number of sulfonamides is 1. The van der Waals surface area contributed by atoms with E-state index in [1.807, 2.05) is 12.1 Å². The molecular weight excluding hydrogens is 388 g/mol. The van der Waals surface area contributed by atoms with E-state index in [0.717, 1.165) is 36.3 Å². The van der Waals surface area contributed by atoms with Gasteiger partial charge in [0.1, 0.15) is 5.75 Å². The second-order valence-electron chi connectivity index (χ2n) is 7.76. The Morgan fingerprint density at radius 2 is 1.86 bits per heavy atom. The number of aryl methyl sites for hydroxylation is 1. The van der Waals surface area contributed by atoms with Gasteiger partial charge in [-0.15, -0.1) is 0 Å². The Balaban J connectivity index is 1.48. The van der Waals surface area contributed by atoms with Crippen molar-refractivity contribution in [2.45, 2.75) is 37.0 Å². The van der Waals surface area contributed by atoms with Crippen molar-refractivity contribution in [3.8, 4) is 5.75 Å². The number of carbonyl (C=O) groups excluding carboxylic acids is 1. The molecule has 0 aromatic heterocycles. The Hall–Kier alpha value is -2.38. The van der Waals surface area contributed by atoms with Crippen molar-refractivity contribution in [2.24, 2.45) is 0 Å². The van der Waals surface area contributed by atoms with Crippen molar-refractivity contribution in [2.75, 3.05) is 32.1 Å². The number of anilines is 1. The van der Waals surface area contributed by atoms with Crippen LogP contribution in [0.5, 0.6) is 5.75 Å². The van der Waals surface area contributed by atoms with Crippen molar-refractivity contribution in [1.82, 2.24) is 4.31 Å². The number of nitrogens with zero attached hydrogens (tertiary/aromatic N) is 2. The molecule has 4 rings (SSSR count). The Bertz CT molecular complexity index is 1050. The lowest BCUT2D eigenvalue weighted by Crippen LogP contribution is -2.33. The lowest BCUT2D eigenvalue weighted by Gasteiger charge is -2.21. The first-order valence-corrected chi connectivity index (χ1v) is 11.4. The Morgan fingerprint density at radius 3 is 2.66 bits per heavy atom. The number of hydrogen-bond donors (Lipinski definition) is 0. The van der Waals surface area contributed by atoms with Crippen molar-refractivity contribution < 1.29 is 17.9 Å². The summed E-state index contributed by atoms with van der Waals surface area (Å²) in [4.78, 5) is 14.8. The number of benzene rings is 2. The highest BCUT2D eigenvalue weighted by Gasteiger charge is 2.28. The van der Waals surface area contributed by atoms with Crippen LogP contribution in [0, 0.1) is 0 Å². The molecule has 0 N–H and O–H groups in total. The molecule has 2 aliphatic rings. The van der Waals surface area contributed by atoms with Crippen LogP contribution in [0.25, 0.3) is 0 Å². The van der Waals surface area contributed by atoms with Crippen LogP contribution in [0.2, 0.25) is 0 Å². The number of hydrogen-bond acceptors (Lipinski definition) is 4. The van der Waals surface area contributed by atoms with Crippen molar-refractivity contribution in [3.63, 3.8) is 0 Å². The third-order valence-corrected chi connectivity index (χ3v) is 7.54. The number of fused-ring (bicyclic) bond motifs is 2. The van der Waals surface area contributed by atoms with Crippen LogP contribution in [0.3, 0.4) is 0 Å². The van der Waals surface area contributed by atoms with E-state index in [9.17, 15) is 13.2 Å². The maximum Gasteiger partial charge on any atom is 0.264 e. The average Bonchev–Trinajstić information content (AvgIpc) is 3.15. The smallest absolute Gasteiger partial charge is 0.264 e. The van der Waals surface area contributed by atoms with Gasteiger partial charge in [-0.25, -0.2) is 12.7 Å². The molecule has 0 fully saturated rings. The molecule has 1 aliphatic carbocycles. The normalized spacial score (nSPS) is 15.9. The molecule has 0 atom stereocenters. The predicted molar refractivity (Wildman–Crippen MR) is 112 cm³/mol. The van der Waals surface area contributed by atoms with E-state index in [1.165, 1.54) is 35.9 Å². The molecule has 0 radical (unpaired) electrons. The fourth-order valence-corrected chi connectivity index (χ4v) is 5.06. The highest BCUT2D eigenvalue weighted by Crippen LogP contribution is 2.32. The summed E-state index contributed by atoms with van der Waals surface area (Å²) >= 11 is 0. The van der Waals surface area contributed by atoms with Gasteiger partial charge in [0.05, 0.1) is 4.90 Å². The summed E-state index contributed by atoms with van der Waals surface area (Å²) < 4.78 is 31.8. The van der Waals surface area contributed by atoms with E-state index in [4.69, 9.17) is 4.74 Å². The highest BCUT2D eigenvalue weighted by molar-refractivity contribution is 7.89. The average molecular weight is 415 g/mol. The second kappa shape index (κ2) is 7.80. The molecule has 0 unspecified atom stereocenters. The van der Waals surface area contributed by atoms with Gasteiger partial charge < -0.3 is 9.64 Å². The van der Waals surface area contributed by atoms with Crippen molar-refractivity contribution in [1.29, 1.82) is 0 Å². The monoisotopic (exact) mass is 414 g/mol. The molecule has 6 nitrogen and oxygen atoms in total. The predicted octanol–water partition coefficient (Wildman–Crippen LogP) is 2.78. The fourth-order valence-electron chi connectivity index (χ4n) is 4.11. The fraction of sp³-hybridized carbons (Fsp3) is 0.409. The van der Waals surface area contributed by atoms with Gasteiger partial charge in [0.15, 0.2) is 6.61 Å². The molecular formula is C22H26N2O4S. The quantitative estimate of drug-likeness (QED) is 0.755. The van der Waals surface area contributed by atoms with E-state index in [1.54, 1.807) is 23.1 Å². The summed E-state index contributed by atoms with van der Waals surface area (Å²) in [5, 5.41) is 0. The first-order chi connectivity index (χ1) is 13.9. The van der Waals surface area contributed by atoms with Gasteiger partial charge in [-0.05, 0) is 73.1 Å². The zero-order valence-corrected chi connectivity index (χ0v) is 17.7. The minimum atomic E-state index is -3.49. The second-order valence-corrected chi connectivity index (χ2v) is 9.91. The molecule has 1 heterocycles. The maximum atomic E-state index is 12.8. The molecule has 29 heavy (non-hydrogen) atoms. The highest BCUT2D eigenvalue weighted by atomic mass is 32.2. The summed E-state index contributed by atoms with van der Waals surface area (Å²) in [6.45, 7) is 0.517. The summed E-state index contributed by atoms with van der Waals surface area (Å²) in [6, 6.07) is 11.0. The van der Waals surface area contributed by atoms with Crippen molar-refractivity contribution >= 4 is 21.6 Å². The molecule has 1 aliphatic heterocycles. The van der Waals surface area contributed by atoms with Gasteiger partial charge in [-0.1, -0.05) is 12.1 Å². The van der Waals surface area contributed by atoms with E-state index < -0.39 is 10.0 Å². The third-order valence-electron chi connectivity index (χ3n) is 5.73. The zero-order valence-electron chi connectivity index (χ0n) is 16.8. The van der Waals surface area contributed by atoms with Gasteiger partial charge >= 0.3 is 0 Å². The minimum absolute atomic E-state index is 0.0202. The van der Waals surface area contributed by atoms with Gasteiger partial charge in [0.2, 0.25) is 10.0 Å². The van der Waals surface area contributed by atoms with E-state index in [2.05, 4.69) is 6.07 Å². The number of ether oxygens (including phenoxy) is 1. The van der Waals surface area contributed by atoms with Gasteiger partial charge in [0, 0.05) is 26.3 Å². The summed E-state index contributed by atoms with van der Waals surface area (Å²) in [7, 11) is -0.462. The molecule has 0 saturated heterocycles. The van der Waals surface area contributed by atoms with Gasteiger partial charge in [0.25, 0.3) is 5.91 Å². The number of carbonyl (C=O) groups is 1. The standard InChI is InChI=1S/C22H26N2O4S/c1-23(2)29(26,27)18-10-11-20-17(14-18)12-13-24(20)22(25)15-28-21-9-5-7-16-6-3-4-8-19(16)21/h5,7,9-11,14H,3-4,6,8,12-13,15H2,1-2H3. The Kier molecular flexibility index (Phi) is 5.36. The van der Waals surface area contributed by atoms with Crippen LogP contribution < -0.4 is 9.64 Å². The lowest BCUT2D eigenvalue weighted by atomic mass is 9.91. The topological polar surface area (TPSA) is 66.9 Å². The van der Waals surface area contributed by atoms with Crippen LogP contribution in [0.4, 0.5) is 5.69 Å². The largest absolute Gasteiger partial charge is 0.483 e. The molecule has 2 aromatic carbocycles. The van der Waals surface area contributed by atoms with Crippen LogP contribution in [-0.4, -0.2) is 45.9 Å². The third kappa shape index (κ3) is 3.76. The number of amides is 1. The summed E-state index contributed by atoms with van der Waals surface area (Å²) in [6.07, 6.45) is 5.05. The summed E-state index contributed by atoms with van der Waals surface area (Å²) in [5.74, 6) is 0.697. The Labute approximate surface area is 172 Å². The molecule has 0 saturated carbocycles. The van der Waals surface area contributed by atoms with E-state index in [0.29, 0.717) is 13.0 Å². The molecule has 154 valence electrons. The first kappa shape index (κ1) is 19.9. The van der Waals surface area contributed by atoms with Crippen LogP contribution in [0.1, 0.15) is 29.5 Å². The van der Waals surface area contributed by atoms with E-state index in [-0.39, 0.29) is 17.4 Å². The first-order valence-electron chi connectivity index (χ1n) is 9.97. The minimum Gasteiger partial charge on any atom is -0.483 e. The van der Waals surface area contributed by atoms with Crippen LogP contribution >= 0.6 is 0 Å². The molecule has 0 bridgehead atoms. The SMILES string of the molecule is CN(C)S(=O)(=O)c1ccc2c(c1)CCN2C(=O)COc1cccc2c1CCCC2. The van der Waals surface area contributed by atoms with Crippen LogP contribution in [-0.2, 0) is 34.1 Å². The zero-order chi connectivity index (χ0) is 20.6. The van der Waals surface area contributed by atoms with Gasteiger partial charge in [-0.3, -0.25) is 4.79 Å². The molecule has 0 spiro atoms. The van der Waals surface area contributed by atoms with E-state index >= 15 is 0 Å². The maximum absolute atomic E-state index is 12.8. The molecule has 2 aromatic rings.